The maximum absolute atomic E-state index is 13.6. The lowest BCUT2D eigenvalue weighted by Gasteiger charge is -2.24. The lowest BCUT2D eigenvalue weighted by molar-refractivity contribution is 0.102. The number of imidazole rings is 1. The molecule has 2 aromatic heterocycles. The fourth-order valence-corrected chi connectivity index (χ4v) is 5.74. The number of aryl methyl sites for hydroxylation is 1. The van der Waals surface area contributed by atoms with Gasteiger partial charge >= 0.3 is 0 Å². The monoisotopic (exact) mass is 626 g/mol. The molecule has 0 unspecified atom stereocenters. The van der Waals surface area contributed by atoms with Crippen LogP contribution in [0.4, 0.5) is 11.4 Å². The van der Waals surface area contributed by atoms with Crippen LogP contribution in [0.3, 0.4) is 0 Å². The highest BCUT2D eigenvalue weighted by molar-refractivity contribution is 7.92. The number of amides is 1. The summed E-state index contributed by atoms with van der Waals surface area (Å²) in [6, 6.07) is 19.0. The Kier molecular flexibility index (Phi) is 8.57. The van der Waals surface area contributed by atoms with Crippen LogP contribution in [0.5, 0.6) is 5.75 Å². The molecule has 0 bridgehead atoms. The van der Waals surface area contributed by atoms with Crippen molar-refractivity contribution < 1.29 is 17.9 Å². The van der Waals surface area contributed by atoms with Crippen molar-refractivity contribution in [3.8, 4) is 28.4 Å². The van der Waals surface area contributed by atoms with E-state index in [9.17, 15) is 13.2 Å². The number of hydrogen-bond donors (Lipinski definition) is 2. The minimum absolute atomic E-state index is 0.219. The average molecular weight is 627 g/mol. The zero-order valence-electron chi connectivity index (χ0n) is 26.5. The van der Waals surface area contributed by atoms with E-state index in [1.807, 2.05) is 91.8 Å². The summed E-state index contributed by atoms with van der Waals surface area (Å²) in [5.74, 6) is -0.153. The molecule has 0 fully saturated rings. The van der Waals surface area contributed by atoms with Crippen LogP contribution in [0.25, 0.3) is 22.6 Å². The summed E-state index contributed by atoms with van der Waals surface area (Å²) in [7, 11) is -2.17. The molecule has 5 rings (SSSR count). The van der Waals surface area contributed by atoms with Crippen LogP contribution in [0.2, 0.25) is 0 Å². The fourth-order valence-electron chi connectivity index (χ4n) is 5.19. The van der Waals surface area contributed by atoms with Gasteiger partial charge in [-0.2, -0.15) is 5.10 Å². The third-order valence-electron chi connectivity index (χ3n) is 7.52. The second-order valence-corrected chi connectivity index (χ2v) is 13.7. The van der Waals surface area contributed by atoms with E-state index in [2.05, 4.69) is 22.1 Å². The molecule has 10 nitrogen and oxygen atoms in total. The zero-order valence-corrected chi connectivity index (χ0v) is 27.4. The number of nitrogens with one attached hydrogen (secondary N) is 2. The quantitative estimate of drug-likeness (QED) is 0.192. The highest BCUT2D eigenvalue weighted by Gasteiger charge is 2.23. The first-order valence-corrected chi connectivity index (χ1v) is 16.5. The minimum Gasteiger partial charge on any atom is -0.492 e. The standard InChI is InChI=1S/C34H38N6O4S/c1-8-30-26(19-36-40(30)25-12-10-9-11-13-25)29-20-39(21-35-29)31-16-23(15-14-22(31)2)33(41)37-27-17-24(34(3,4)5)18-28(32(27)44-6)38-45(7,42)43/h9-21,38H,8H2,1-7H3,(H,37,41). The molecule has 0 saturated heterocycles. The van der Waals surface area contributed by atoms with Crippen molar-refractivity contribution in [2.45, 2.75) is 46.5 Å². The van der Waals surface area contributed by atoms with Gasteiger partial charge in [0.25, 0.3) is 5.91 Å². The Hall–Kier alpha value is -4.90. The molecule has 0 atom stereocenters. The van der Waals surface area contributed by atoms with Gasteiger partial charge in [0.1, 0.15) is 0 Å². The first-order chi connectivity index (χ1) is 21.3. The molecule has 5 aromatic rings. The molecule has 11 heteroatoms. The van der Waals surface area contributed by atoms with Gasteiger partial charge in [0.2, 0.25) is 10.0 Å². The summed E-state index contributed by atoms with van der Waals surface area (Å²) < 4.78 is 36.2. The number of methoxy groups -OCH3 is 1. The molecular formula is C34H38N6O4S. The van der Waals surface area contributed by atoms with Gasteiger partial charge < -0.3 is 14.6 Å². The number of ether oxygens (including phenoxy) is 1. The van der Waals surface area contributed by atoms with Crippen LogP contribution in [-0.2, 0) is 21.9 Å². The number of aromatic nitrogens is 4. The summed E-state index contributed by atoms with van der Waals surface area (Å²) in [5, 5.41) is 7.58. The third kappa shape index (κ3) is 6.78. The van der Waals surface area contributed by atoms with E-state index in [1.165, 1.54) is 7.11 Å². The smallest absolute Gasteiger partial charge is 0.255 e. The summed E-state index contributed by atoms with van der Waals surface area (Å²) in [6.07, 6.45) is 7.35. The van der Waals surface area contributed by atoms with Gasteiger partial charge in [0, 0.05) is 17.3 Å². The number of hydrogen-bond acceptors (Lipinski definition) is 6. The molecule has 0 spiro atoms. The molecule has 2 heterocycles. The maximum atomic E-state index is 13.6. The number of carbonyl (C=O) groups is 1. The summed E-state index contributed by atoms with van der Waals surface area (Å²) in [4.78, 5) is 18.3. The van der Waals surface area contributed by atoms with Crippen molar-refractivity contribution in [3.05, 3.63) is 102 Å². The molecule has 0 radical (unpaired) electrons. The normalized spacial score (nSPS) is 11.8. The van der Waals surface area contributed by atoms with E-state index in [0.29, 0.717) is 11.3 Å². The van der Waals surface area contributed by atoms with Crippen molar-refractivity contribution in [1.29, 1.82) is 0 Å². The summed E-state index contributed by atoms with van der Waals surface area (Å²) in [5.41, 5.74) is 7.02. The number of benzene rings is 3. The first-order valence-electron chi connectivity index (χ1n) is 14.6. The fraction of sp³-hybridized carbons (Fsp3) is 0.265. The van der Waals surface area contributed by atoms with Crippen LogP contribution >= 0.6 is 0 Å². The van der Waals surface area contributed by atoms with Crippen LogP contribution in [0, 0.1) is 6.92 Å². The summed E-state index contributed by atoms with van der Waals surface area (Å²) >= 11 is 0. The number of carbonyl (C=O) groups excluding carboxylic acids is 1. The molecule has 0 aliphatic carbocycles. The Balaban J connectivity index is 1.48. The van der Waals surface area contributed by atoms with Gasteiger partial charge in [0.05, 0.1) is 60.0 Å². The van der Waals surface area contributed by atoms with Crippen molar-refractivity contribution in [2.75, 3.05) is 23.4 Å². The van der Waals surface area contributed by atoms with Gasteiger partial charge in [-0.05, 0) is 66.3 Å². The zero-order chi connectivity index (χ0) is 32.5. The van der Waals surface area contributed by atoms with E-state index >= 15 is 0 Å². The highest BCUT2D eigenvalue weighted by Crippen LogP contribution is 2.39. The largest absolute Gasteiger partial charge is 0.492 e. The van der Waals surface area contributed by atoms with Crippen molar-refractivity contribution in [2.24, 2.45) is 0 Å². The second kappa shape index (κ2) is 12.2. The van der Waals surface area contributed by atoms with Crippen molar-refractivity contribution in [1.82, 2.24) is 19.3 Å². The van der Waals surface area contributed by atoms with Crippen LogP contribution in [-0.4, -0.2) is 47.0 Å². The predicted molar refractivity (Wildman–Crippen MR) is 178 cm³/mol. The second-order valence-electron chi connectivity index (χ2n) is 12.0. The third-order valence-corrected chi connectivity index (χ3v) is 8.11. The average Bonchev–Trinajstić information content (AvgIpc) is 3.64. The first kappa shape index (κ1) is 31.5. The Morgan fingerprint density at radius 1 is 1.02 bits per heavy atom. The molecular weight excluding hydrogens is 588 g/mol. The number of anilines is 2. The maximum Gasteiger partial charge on any atom is 0.255 e. The number of rotatable bonds is 9. The number of nitrogens with zero attached hydrogens (tertiary/aromatic N) is 4. The highest BCUT2D eigenvalue weighted by atomic mass is 32.2. The van der Waals surface area contributed by atoms with E-state index in [4.69, 9.17) is 9.72 Å². The number of para-hydroxylation sites is 1. The van der Waals surface area contributed by atoms with Gasteiger partial charge in [-0.25, -0.2) is 18.1 Å². The molecule has 45 heavy (non-hydrogen) atoms. The Morgan fingerprint density at radius 2 is 1.73 bits per heavy atom. The summed E-state index contributed by atoms with van der Waals surface area (Å²) in [6.45, 7) is 10.1. The van der Waals surface area contributed by atoms with Crippen LogP contribution in [0.1, 0.15) is 54.9 Å². The predicted octanol–water partition coefficient (Wildman–Crippen LogP) is 6.53. The van der Waals surface area contributed by atoms with Crippen molar-refractivity contribution in [3.63, 3.8) is 0 Å². The SMILES string of the molecule is CCc1c(-c2cn(-c3cc(C(=O)Nc4cc(C(C)(C)C)cc(NS(C)(=O)=O)c4OC)ccc3C)cn2)cnn1-c1ccccc1. The van der Waals surface area contributed by atoms with Crippen molar-refractivity contribution >= 4 is 27.3 Å². The van der Waals surface area contributed by atoms with E-state index in [-0.39, 0.29) is 22.8 Å². The molecule has 3 aromatic carbocycles. The van der Waals surface area contributed by atoms with E-state index in [1.54, 1.807) is 24.5 Å². The minimum atomic E-state index is -3.60. The van der Waals surface area contributed by atoms with Crippen LogP contribution in [0.15, 0.2) is 79.4 Å². The molecule has 1 amide bonds. The molecule has 0 aliphatic rings. The van der Waals surface area contributed by atoms with Gasteiger partial charge in [0.15, 0.2) is 5.75 Å². The lowest BCUT2D eigenvalue weighted by Crippen LogP contribution is -2.18. The molecule has 0 aliphatic heterocycles. The van der Waals surface area contributed by atoms with Gasteiger partial charge in [-0.3, -0.25) is 9.52 Å². The Labute approximate surface area is 264 Å². The van der Waals surface area contributed by atoms with Gasteiger partial charge in [-0.1, -0.05) is 52.0 Å². The Morgan fingerprint density at radius 3 is 2.38 bits per heavy atom. The van der Waals surface area contributed by atoms with E-state index < -0.39 is 10.0 Å². The van der Waals surface area contributed by atoms with Gasteiger partial charge in [-0.15, -0.1) is 0 Å². The molecule has 0 saturated carbocycles. The lowest BCUT2D eigenvalue weighted by atomic mass is 9.86. The van der Waals surface area contributed by atoms with E-state index in [0.717, 1.165) is 52.1 Å². The van der Waals surface area contributed by atoms with Crippen LogP contribution < -0.4 is 14.8 Å². The molecule has 234 valence electrons. The molecule has 2 N–H and O–H groups in total. The number of sulfonamides is 1. The topological polar surface area (TPSA) is 120 Å². The Bertz CT molecular complexity index is 1970.